The number of alkyl halides is 3. The monoisotopic (exact) mass is 671 g/mol. The van der Waals surface area contributed by atoms with Crippen molar-refractivity contribution >= 4 is 27.5 Å². The van der Waals surface area contributed by atoms with E-state index in [4.69, 9.17) is 9.47 Å². The first-order chi connectivity index (χ1) is 21.6. The summed E-state index contributed by atoms with van der Waals surface area (Å²) in [6, 6.07) is 11.7. The first kappa shape index (κ1) is 37.3. The van der Waals surface area contributed by atoms with E-state index in [1.807, 2.05) is 13.8 Å². The second kappa shape index (κ2) is 16.6. The Morgan fingerprint density at radius 1 is 1.15 bits per heavy atom. The van der Waals surface area contributed by atoms with Crippen LogP contribution in [0.3, 0.4) is 0 Å². The number of sulfonamides is 1. The van der Waals surface area contributed by atoms with Crippen molar-refractivity contribution in [1.29, 1.82) is 0 Å². The van der Waals surface area contributed by atoms with Gasteiger partial charge in [-0.2, -0.15) is 17.5 Å². The minimum Gasteiger partial charge on any atom is -0.490 e. The molecule has 1 aliphatic rings. The molecule has 4 atom stereocenters. The Kier molecular flexibility index (Phi) is 13.4. The first-order valence-electron chi connectivity index (χ1n) is 15.3. The smallest absolute Gasteiger partial charge is 0.389 e. The maximum absolute atomic E-state index is 14.2. The minimum absolute atomic E-state index is 0.0120. The zero-order valence-corrected chi connectivity index (χ0v) is 27.4. The van der Waals surface area contributed by atoms with Crippen LogP contribution in [0.4, 0.5) is 18.9 Å². The van der Waals surface area contributed by atoms with Crippen LogP contribution in [-0.2, 0) is 19.6 Å². The van der Waals surface area contributed by atoms with Crippen LogP contribution in [0.2, 0.25) is 0 Å². The number of anilines is 1. The van der Waals surface area contributed by atoms with Crippen LogP contribution in [0, 0.1) is 5.92 Å². The molecule has 0 bridgehead atoms. The molecule has 0 fully saturated rings. The van der Waals surface area contributed by atoms with Crippen molar-refractivity contribution in [1.82, 2.24) is 9.21 Å². The van der Waals surface area contributed by atoms with Gasteiger partial charge in [0.15, 0.2) is 0 Å². The number of ether oxygens (including phenoxy) is 2. The third-order valence-corrected chi connectivity index (χ3v) is 9.70. The van der Waals surface area contributed by atoms with Crippen LogP contribution in [-0.4, -0.2) is 92.3 Å². The van der Waals surface area contributed by atoms with Gasteiger partial charge >= 0.3 is 6.18 Å². The molecule has 0 saturated heterocycles. The molecule has 2 aromatic rings. The number of halogens is 3. The summed E-state index contributed by atoms with van der Waals surface area (Å²) in [5.41, 5.74) is 0.182. The second-order valence-corrected chi connectivity index (χ2v) is 13.8. The van der Waals surface area contributed by atoms with E-state index in [1.165, 1.54) is 46.6 Å². The van der Waals surface area contributed by atoms with Crippen molar-refractivity contribution in [3.63, 3.8) is 0 Å². The van der Waals surface area contributed by atoms with Crippen molar-refractivity contribution in [3.8, 4) is 5.75 Å². The van der Waals surface area contributed by atoms with Crippen molar-refractivity contribution in [3.05, 3.63) is 54.1 Å². The molecular formula is C32H44F3N3O7S. The molecule has 0 unspecified atom stereocenters. The maximum Gasteiger partial charge on any atom is 0.389 e. The highest BCUT2D eigenvalue weighted by Crippen LogP contribution is 2.29. The molecule has 0 saturated carbocycles. The number of amides is 2. The highest BCUT2D eigenvalue weighted by Gasteiger charge is 2.33. The number of hydrogen-bond donors (Lipinski definition) is 2. The average Bonchev–Trinajstić information content (AvgIpc) is 3.01. The molecule has 1 heterocycles. The molecule has 2 aromatic carbocycles. The molecule has 2 N–H and O–H groups in total. The second-order valence-electron chi connectivity index (χ2n) is 11.8. The lowest BCUT2D eigenvalue weighted by Crippen LogP contribution is -2.48. The number of benzene rings is 2. The number of aliphatic hydroxyl groups excluding tert-OH is 1. The van der Waals surface area contributed by atoms with E-state index in [0.717, 1.165) is 6.42 Å². The number of carbonyl (C=O) groups is 2. The van der Waals surface area contributed by atoms with Crippen LogP contribution >= 0.6 is 0 Å². The van der Waals surface area contributed by atoms with Crippen LogP contribution in [0.1, 0.15) is 63.2 Å². The number of nitrogens with zero attached hydrogens (tertiary/aromatic N) is 2. The van der Waals surface area contributed by atoms with Gasteiger partial charge in [0.2, 0.25) is 15.9 Å². The lowest BCUT2D eigenvalue weighted by Gasteiger charge is -2.35. The number of nitrogens with one attached hydrogen (secondary N) is 1. The number of likely N-dealkylation sites (N-methyl/N-ethyl adjacent to an activating group) is 1. The van der Waals surface area contributed by atoms with Crippen LogP contribution < -0.4 is 10.1 Å². The highest BCUT2D eigenvalue weighted by molar-refractivity contribution is 7.89. The van der Waals surface area contributed by atoms with Gasteiger partial charge in [-0.15, -0.1) is 0 Å². The van der Waals surface area contributed by atoms with E-state index >= 15 is 0 Å². The molecular weight excluding hydrogens is 627 g/mol. The van der Waals surface area contributed by atoms with Crippen LogP contribution in [0.5, 0.6) is 5.75 Å². The van der Waals surface area contributed by atoms with Crippen molar-refractivity contribution in [2.24, 2.45) is 5.92 Å². The number of fused-ring (bicyclic) bond motifs is 1. The van der Waals surface area contributed by atoms with Crippen molar-refractivity contribution in [2.45, 2.75) is 82.2 Å². The zero-order chi connectivity index (χ0) is 34.1. The molecule has 0 radical (unpaired) electrons. The molecule has 10 nitrogen and oxygen atoms in total. The molecule has 2 amide bonds. The third kappa shape index (κ3) is 10.7. The Morgan fingerprint density at radius 3 is 2.50 bits per heavy atom. The summed E-state index contributed by atoms with van der Waals surface area (Å²) in [5.74, 6) is -1.57. The quantitative estimate of drug-likeness (QED) is 0.381. The summed E-state index contributed by atoms with van der Waals surface area (Å²) in [7, 11) is -2.35. The van der Waals surface area contributed by atoms with E-state index in [0.29, 0.717) is 19.4 Å². The van der Waals surface area contributed by atoms with Gasteiger partial charge in [0, 0.05) is 44.8 Å². The lowest BCUT2D eigenvalue weighted by molar-refractivity contribution is -0.142. The van der Waals surface area contributed by atoms with Gasteiger partial charge in [-0.1, -0.05) is 25.1 Å². The van der Waals surface area contributed by atoms with Gasteiger partial charge in [-0.05, 0) is 63.4 Å². The van der Waals surface area contributed by atoms with E-state index in [1.54, 1.807) is 25.1 Å². The number of aliphatic hydroxyl groups is 1. The topological polar surface area (TPSA) is 125 Å². The summed E-state index contributed by atoms with van der Waals surface area (Å²) in [6.45, 7) is 5.39. The SMILES string of the molecule is C[C@H]1CCCCO[C@@H](CN(C)S(=O)(=O)c2ccccc2)[C@@H](C)CN([C@@H](C)CO)C(=O)c2cc(NC(=O)CCC(F)(F)F)ccc2O1. The molecule has 0 aliphatic carbocycles. The molecule has 0 spiro atoms. The predicted molar refractivity (Wildman–Crippen MR) is 167 cm³/mol. The lowest BCUT2D eigenvalue weighted by atomic mass is 10.0. The fourth-order valence-electron chi connectivity index (χ4n) is 5.07. The normalized spacial score (nSPS) is 21.2. The standard InChI is InChI=1S/C32H44F3N3O7S/c1-22-19-38(23(2)21-39)31(41)27-18-25(36-30(40)15-16-32(33,34)35)13-14-28(27)45-24(3)10-8-9-17-44-29(22)20-37(4)46(42,43)26-11-6-5-7-12-26/h5-7,11-14,18,22-24,29,39H,8-10,15-17,19-21H2,1-4H3,(H,36,40)/t22-,23-,24-,29-/m0/s1. The Balaban J connectivity index is 1.94. The Hall–Kier alpha value is -3.20. The maximum atomic E-state index is 14.2. The summed E-state index contributed by atoms with van der Waals surface area (Å²) < 4.78 is 78.1. The van der Waals surface area contributed by atoms with E-state index in [-0.39, 0.29) is 47.7 Å². The number of carbonyl (C=O) groups excluding carboxylic acids is 2. The van der Waals surface area contributed by atoms with Gasteiger partial charge in [-0.25, -0.2) is 8.42 Å². The van der Waals surface area contributed by atoms with Crippen molar-refractivity contribution < 1.29 is 45.8 Å². The summed E-state index contributed by atoms with van der Waals surface area (Å²) in [4.78, 5) is 28.0. The summed E-state index contributed by atoms with van der Waals surface area (Å²) in [5, 5.41) is 12.5. The van der Waals surface area contributed by atoms with Gasteiger partial charge in [-0.3, -0.25) is 9.59 Å². The van der Waals surface area contributed by atoms with Gasteiger partial charge in [0.25, 0.3) is 5.91 Å². The van der Waals surface area contributed by atoms with Gasteiger partial charge < -0.3 is 24.8 Å². The van der Waals surface area contributed by atoms with E-state index < -0.39 is 58.9 Å². The van der Waals surface area contributed by atoms with Gasteiger partial charge in [0.1, 0.15) is 5.75 Å². The zero-order valence-electron chi connectivity index (χ0n) is 26.6. The summed E-state index contributed by atoms with van der Waals surface area (Å²) in [6.07, 6.45) is -5.46. The molecule has 1 aliphatic heterocycles. The fraction of sp³-hybridized carbons (Fsp3) is 0.562. The Morgan fingerprint density at radius 2 is 1.85 bits per heavy atom. The van der Waals surface area contributed by atoms with Crippen molar-refractivity contribution in [2.75, 3.05) is 38.7 Å². The largest absolute Gasteiger partial charge is 0.490 e. The average molecular weight is 672 g/mol. The Labute approximate surface area is 268 Å². The summed E-state index contributed by atoms with van der Waals surface area (Å²) >= 11 is 0. The Bertz CT molecular complexity index is 1410. The molecule has 256 valence electrons. The van der Waals surface area contributed by atoms with Crippen LogP contribution in [0.15, 0.2) is 53.4 Å². The number of rotatable bonds is 9. The number of hydrogen-bond acceptors (Lipinski definition) is 7. The predicted octanol–water partition coefficient (Wildman–Crippen LogP) is 5.08. The van der Waals surface area contributed by atoms with Crippen LogP contribution in [0.25, 0.3) is 0 Å². The minimum atomic E-state index is -4.49. The van der Waals surface area contributed by atoms with E-state index in [9.17, 15) is 36.3 Å². The molecule has 46 heavy (non-hydrogen) atoms. The van der Waals surface area contributed by atoms with E-state index in [2.05, 4.69) is 5.32 Å². The van der Waals surface area contributed by atoms with Gasteiger partial charge in [0.05, 0.1) is 41.7 Å². The highest BCUT2D eigenvalue weighted by atomic mass is 32.2. The third-order valence-electron chi connectivity index (χ3n) is 7.86. The molecule has 3 rings (SSSR count). The fourth-order valence-corrected chi connectivity index (χ4v) is 6.27. The molecule has 14 heteroatoms. The molecule has 0 aromatic heterocycles. The first-order valence-corrected chi connectivity index (χ1v) is 16.8.